The molecular weight excluding hydrogens is 272 g/mol. The van der Waals surface area contributed by atoms with Gasteiger partial charge in [0.05, 0.1) is 16.3 Å². The van der Waals surface area contributed by atoms with E-state index in [2.05, 4.69) is 0 Å². The van der Waals surface area contributed by atoms with Crippen LogP contribution in [0.2, 0.25) is 0 Å². The predicted octanol–water partition coefficient (Wildman–Crippen LogP) is 1.86. The number of aromatic nitrogens is 2. The largest absolute Gasteiger partial charge is 0.393 e. The molecule has 0 saturated heterocycles. The first-order chi connectivity index (χ1) is 9.82. The van der Waals surface area contributed by atoms with Crippen LogP contribution < -0.4 is 11.3 Å². The van der Waals surface area contributed by atoms with Crippen LogP contribution in [0.4, 0.5) is 11.4 Å². The van der Waals surface area contributed by atoms with E-state index in [-0.39, 0.29) is 16.9 Å². The van der Waals surface area contributed by atoms with E-state index < -0.39 is 4.92 Å². The third kappa shape index (κ3) is 2.67. The number of rotatable bonds is 4. The van der Waals surface area contributed by atoms with Gasteiger partial charge in [-0.3, -0.25) is 19.6 Å². The molecule has 1 aromatic heterocycles. The Balaban J connectivity index is 2.54. The van der Waals surface area contributed by atoms with Crippen LogP contribution in [0.5, 0.6) is 0 Å². The molecule has 0 saturated carbocycles. The van der Waals surface area contributed by atoms with Gasteiger partial charge < -0.3 is 5.73 Å². The molecule has 0 aliphatic heterocycles. The van der Waals surface area contributed by atoms with Crippen LogP contribution in [-0.4, -0.2) is 14.3 Å². The highest BCUT2D eigenvalue weighted by atomic mass is 16.6. The number of nitro groups is 1. The van der Waals surface area contributed by atoms with Gasteiger partial charge in [0.1, 0.15) is 5.69 Å². The van der Waals surface area contributed by atoms with E-state index in [1.807, 2.05) is 13.8 Å². The van der Waals surface area contributed by atoms with Gasteiger partial charge in [-0.05, 0) is 24.5 Å². The highest BCUT2D eigenvalue weighted by Crippen LogP contribution is 2.18. The molecule has 7 nitrogen and oxygen atoms in total. The summed E-state index contributed by atoms with van der Waals surface area (Å²) in [6.07, 6.45) is 0.692. The fourth-order valence-corrected chi connectivity index (χ4v) is 2.30. The van der Waals surface area contributed by atoms with Crippen LogP contribution in [0.15, 0.2) is 29.1 Å². The molecule has 2 aromatic rings. The smallest absolute Gasteiger partial charge is 0.294 e. The van der Waals surface area contributed by atoms with Gasteiger partial charge in [-0.1, -0.05) is 13.8 Å². The molecule has 0 bridgehead atoms. The molecule has 0 spiro atoms. The summed E-state index contributed by atoms with van der Waals surface area (Å²) in [6, 6.07) is 5.82. The van der Waals surface area contributed by atoms with Crippen molar-refractivity contribution in [1.82, 2.24) is 9.36 Å². The van der Waals surface area contributed by atoms with E-state index in [9.17, 15) is 14.9 Å². The van der Waals surface area contributed by atoms with E-state index >= 15 is 0 Å². The average molecular weight is 290 g/mol. The van der Waals surface area contributed by atoms with Crippen LogP contribution in [0, 0.1) is 16.0 Å². The minimum atomic E-state index is -0.476. The molecule has 112 valence electrons. The Bertz CT molecular complexity index is 726. The van der Waals surface area contributed by atoms with Gasteiger partial charge in [0, 0.05) is 19.2 Å². The second kappa shape index (κ2) is 5.43. The number of nitro benzene ring substituents is 1. The fraction of sp³-hybridized carbons (Fsp3) is 0.357. The van der Waals surface area contributed by atoms with E-state index in [0.29, 0.717) is 18.0 Å². The maximum absolute atomic E-state index is 12.3. The van der Waals surface area contributed by atoms with Gasteiger partial charge >= 0.3 is 0 Å². The van der Waals surface area contributed by atoms with E-state index in [4.69, 9.17) is 5.73 Å². The Morgan fingerprint density at radius 3 is 2.33 bits per heavy atom. The monoisotopic (exact) mass is 290 g/mol. The van der Waals surface area contributed by atoms with Gasteiger partial charge in [0.2, 0.25) is 0 Å². The number of anilines is 1. The minimum Gasteiger partial charge on any atom is -0.393 e. The number of nitrogen functional groups attached to an aromatic ring is 1. The van der Waals surface area contributed by atoms with E-state index in [1.54, 1.807) is 11.7 Å². The van der Waals surface area contributed by atoms with Crippen molar-refractivity contribution < 1.29 is 4.92 Å². The van der Waals surface area contributed by atoms with Crippen LogP contribution >= 0.6 is 0 Å². The predicted molar refractivity (Wildman–Crippen MR) is 80.6 cm³/mol. The Hall–Kier alpha value is -2.57. The molecule has 1 aromatic carbocycles. The first kappa shape index (κ1) is 14.8. The number of non-ortho nitro benzene ring substituents is 1. The lowest BCUT2D eigenvalue weighted by atomic mass is 10.1. The van der Waals surface area contributed by atoms with Crippen molar-refractivity contribution in [3.8, 4) is 5.69 Å². The Morgan fingerprint density at radius 1 is 1.29 bits per heavy atom. The second-order valence-corrected chi connectivity index (χ2v) is 5.37. The topological polar surface area (TPSA) is 96.1 Å². The maximum Gasteiger partial charge on any atom is 0.294 e. The van der Waals surface area contributed by atoms with Crippen LogP contribution in [0.25, 0.3) is 5.69 Å². The Kier molecular flexibility index (Phi) is 3.84. The van der Waals surface area contributed by atoms with Crippen molar-refractivity contribution >= 4 is 11.4 Å². The van der Waals surface area contributed by atoms with Crippen molar-refractivity contribution in [2.45, 2.75) is 20.3 Å². The third-order valence-electron chi connectivity index (χ3n) is 3.33. The summed E-state index contributed by atoms with van der Waals surface area (Å²) in [5.41, 5.74) is 7.13. The summed E-state index contributed by atoms with van der Waals surface area (Å²) in [7, 11) is 1.76. The van der Waals surface area contributed by atoms with Crippen LogP contribution in [-0.2, 0) is 13.5 Å². The van der Waals surface area contributed by atoms with Crippen molar-refractivity contribution in [2.75, 3.05) is 5.73 Å². The first-order valence-corrected chi connectivity index (χ1v) is 6.64. The van der Waals surface area contributed by atoms with Gasteiger partial charge in [-0.2, -0.15) is 0 Å². The van der Waals surface area contributed by atoms with Crippen LogP contribution in [0.1, 0.15) is 19.5 Å². The SMILES string of the molecule is CC(C)Cc1c(N)c(=O)n(-c2ccc([N+](=O)[O-])cc2)n1C. The molecule has 2 N–H and O–H groups in total. The lowest BCUT2D eigenvalue weighted by molar-refractivity contribution is -0.384. The summed E-state index contributed by atoms with van der Waals surface area (Å²) in [5.74, 6) is 0.366. The van der Waals surface area contributed by atoms with Gasteiger partial charge in [-0.25, -0.2) is 4.68 Å². The molecule has 0 radical (unpaired) electrons. The number of nitrogens with two attached hydrogens (primary N) is 1. The molecular formula is C14H18N4O3. The Morgan fingerprint density at radius 2 is 1.86 bits per heavy atom. The zero-order chi connectivity index (χ0) is 15.7. The summed E-state index contributed by atoms with van der Waals surface area (Å²) >= 11 is 0. The molecule has 0 unspecified atom stereocenters. The molecule has 0 aliphatic carbocycles. The highest BCUT2D eigenvalue weighted by molar-refractivity contribution is 5.47. The number of benzene rings is 1. The molecule has 0 atom stereocenters. The van der Waals surface area contributed by atoms with E-state index in [0.717, 1.165) is 5.69 Å². The number of hydrogen-bond donors (Lipinski definition) is 1. The average Bonchev–Trinajstić information content (AvgIpc) is 2.63. The lowest BCUT2D eigenvalue weighted by Crippen LogP contribution is -2.20. The number of hydrogen-bond acceptors (Lipinski definition) is 4. The summed E-state index contributed by atoms with van der Waals surface area (Å²) in [4.78, 5) is 22.5. The molecule has 21 heavy (non-hydrogen) atoms. The molecule has 0 aliphatic rings. The molecule has 1 heterocycles. The van der Waals surface area contributed by atoms with Gasteiger partial charge in [-0.15, -0.1) is 0 Å². The quantitative estimate of drug-likeness (QED) is 0.686. The zero-order valence-corrected chi connectivity index (χ0v) is 12.2. The van der Waals surface area contributed by atoms with Crippen molar-refractivity contribution in [3.63, 3.8) is 0 Å². The summed E-state index contributed by atoms with van der Waals surface area (Å²) < 4.78 is 3.13. The highest BCUT2D eigenvalue weighted by Gasteiger charge is 2.17. The minimum absolute atomic E-state index is 0.0172. The molecule has 7 heteroatoms. The van der Waals surface area contributed by atoms with Crippen LogP contribution in [0.3, 0.4) is 0 Å². The maximum atomic E-state index is 12.3. The van der Waals surface area contributed by atoms with Gasteiger partial charge in [0.25, 0.3) is 11.2 Å². The second-order valence-electron chi connectivity index (χ2n) is 5.37. The third-order valence-corrected chi connectivity index (χ3v) is 3.33. The fourth-order valence-electron chi connectivity index (χ4n) is 2.30. The van der Waals surface area contributed by atoms with E-state index in [1.165, 1.54) is 28.9 Å². The normalized spacial score (nSPS) is 11.0. The summed E-state index contributed by atoms with van der Waals surface area (Å²) in [6.45, 7) is 4.10. The lowest BCUT2D eigenvalue weighted by Gasteiger charge is -2.11. The molecule has 0 fully saturated rings. The molecule has 2 rings (SSSR count). The van der Waals surface area contributed by atoms with Gasteiger partial charge in [0.15, 0.2) is 0 Å². The van der Waals surface area contributed by atoms with Crippen molar-refractivity contribution in [3.05, 3.63) is 50.4 Å². The molecule has 0 amide bonds. The number of nitrogens with zero attached hydrogens (tertiary/aromatic N) is 3. The first-order valence-electron chi connectivity index (χ1n) is 6.64. The zero-order valence-electron chi connectivity index (χ0n) is 12.2. The standard InChI is InChI=1S/C14H18N4O3/c1-9(2)8-12-13(15)14(19)17(16(12)3)10-4-6-11(7-5-10)18(20)21/h4-7,9H,8,15H2,1-3H3. The van der Waals surface area contributed by atoms with Crippen molar-refractivity contribution in [2.24, 2.45) is 13.0 Å². The summed E-state index contributed by atoms with van der Waals surface area (Å²) in [5, 5.41) is 10.7. The van der Waals surface area contributed by atoms with Crippen molar-refractivity contribution in [1.29, 1.82) is 0 Å². The Labute approximate surface area is 121 Å².